The van der Waals surface area contributed by atoms with E-state index in [1.165, 1.54) is 20.8 Å². The van der Waals surface area contributed by atoms with Crippen molar-refractivity contribution in [2.24, 2.45) is 0 Å². The summed E-state index contributed by atoms with van der Waals surface area (Å²) in [6.07, 6.45) is 0. The lowest BCUT2D eigenvalue weighted by molar-refractivity contribution is -0.155. The lowest BCUT2D eigenvalue weighted by Crippen LogP contribution is -2.39. The molecular formula is C19H16ClF6NO4S. The monoisotopic (exact) mass is 503 g/mol. The second-order valence-corrected chi connectivity index (χ2v) is 9.78. The highest BCUT2D eigenvalue weighted by molar-refractivity contribution is 7.89. The van der Waals surface area contributed by atoms with Gasteiger partial charge in [0, 0.05) is 11.6 Å². The van der Waals surface area contributed by atoms with E-state index in [-0.39, 0.29) is 14.9 Å². The van der Waals surface area contributed by atoms with Gasteiger partial charge in [0.2, 0.25) is 15.8 Å². The van der Waals surface area contributed by atoms with Crippen molar-refractivity contribution >= 4 is 27.6 Å². The minimum atomic E-state index is -5.52. The largest absolute Gasteiger partial charge is 0.459 e. The molecule has 0 bridgehead atoms. The minimum Gasteiger partial charge on any atom is -0.459 e. The van der Waals surface area contributed by atoms with Gasteiger partial charge in [-0.3, -0.25) is 4.79 Å². The molecule has 0 saturated heterocycles. The van der Waals surface area contributed by atoms with Crippen LogP contribution < -0.4 is 0 Å². The second-order valence-electron chi connectivity index (χ2n) is 7.49. The van der Waals surface area contributed by atoms with E-state index in [4.69, 9.17) is 16.3 Å². The van der Waals surface area contributed by atoms with Crippen LogP contribution in [0.5, 0.6) is 0 Å². The van der Waals surface area contributed by atoms with Gasteiger partial charge in [-0.1, -0.05) is 17.7 Å². The summed E-state index contributed by atoms with van der Waals surface area (Å²) in [7, 11) is -5.52. The molecule has 0 saturated carbocycles. The number of nitrogens with zero attached hydrogens (tertiary/aromatic N) is 1. The molecule has 13 heteroatoms. The molecule has 2 aromatic carbocycles. The van der Waals surface area contributed by atoms with E-state index in [2.05, 4.69) is 0 Å². The van der Waals surface area contributed by atoms with Crippen molar-refractivity contribution in [3.63, 3.8) is 0 Å². The molecule has 0 radical (unpaired) electrons. The van der Waals surface area contributed by atoms with E-state index in [1.807, 2.05) is 0 Å². The average molecular weight is 504 g/mol. The molecular weight excluding hydrogens is 488 g/mol. The van der Waals surface area contributed by atoms with Crippen molar-refractivity contribution in [1.29, 1.82) is 0 Å². The molecule has 176 valence electrons. The zero-order valence-electron chi connectivity index (χ0n) is 16.8. The first-order valence-corrected chi connectivity index (χ1v) is 10.6. The van der Waals surface area contributed by atoms with E-state index < -0.39 is 74.5 Å². The Balaban J connectivity index is 2.64. The first kappa shape index (κ1) is 25.9. The Kier molecular flexibility index (Phi) is 7.52. The second kappa shape index (κ2) is 9.28. The van der Waals surface area contributed by atoms with Gasteiger partial charge in [0.25, 0.3) is 0 Å². The SMILES string of the molecule is CC(C)(C)OC(=O)CN(Cc1ccc(F)cc1Cl)S(=O)(=O)c1c(F)c(F)c(F)c(F)c1F. The van der Waals surface area contributed by atoms with Crippen molar-refractivity contribution in [2.45, 2.75) is 37.8 Å². The molecule has 0 amide bonds. The third kappa shape index (κ3) is 5.54. The van der Waals surface area contributed by atoms with Gasteiger partial charge in [-0.25, -0.2) is 34.8 Å². The summed E-state index contributed by atoms with van der Waals surface area (Å²) < 4.78 is 113. The first-order chi connectivity index (χ1) is 14.6. The van der Waals surface area contributed by atoms with Crippen LogP contribution in [-0.2, 0) is 26.1 Å². The molecule has 0 aliphatic rings. The average Bonchev–Trinajstić information content (AvgIpc) is 2.64. The number of ether oxygens (including phenoxy) is 1. The van der Waals surface area contributed by atoms with E-state index in [1.54, 1.807) is 0 Å². The normalized spacial score (nSPS) is 12.3. The highest BCUT2D eigenvalue weighted by atomic mass is 35.5. The molecule has 0 aliphatic heterocycles. The van der Waals surface area contributed by atoms with Crippen molar-refractivity contribution in [3.8, 4) is 0 Å². The van der Waals surface area contributed by atoms with Crippen LogP contribution in [0.1, 0.15) is 26.3 Å². The summed E-state index contributed by atoms with van der Waals surface area (Å²) in [5.41, 5.74) is -1.21. The first-order valence-electron chi connectivity index (χ1n) is 8.73. The number of hydrogen-bond acceptors (Lipinski definition) is 4. The topological polar surface area (TPSA) is 63.7 Å². The molecule has 0 spiro atoms. The Hall–Kier alpha value is -2.31. The van der Waals surface area contributed by atoms with Gasteiger partial charge in [0.15, 0.2) is 28.2 Å². The number of carbonyl (C=O) groups excluding carboxylic acids is 1. The quantitative estimate of drug-likeness (QED) is 0.248. The fourth-order valence-electron chi connectivity index (χ4n) is 2.52. The van der Waals surface area contributed by atoms with Crippen molar-refractivity contribution in [3.05, 3.63) is 63.7 Å². The fourth-order valence-corrected chi connectivity index (χ4v) is 4.23. The smallest absolute Gasteiger partial charge is 0.321 e. The molecule has 2 rings (SSSR count). The molecule has 0 heterocycles. The summed E-state index contributed by atoms with van der Waals surface area (Å²) in [4.78, 5) is 10.1. The minimum absolute atomic E-state index is 0.110. The van der Waals surface area contributed by atoms with Crippen LogP contribution in [0.15, 0.2) is 23.1 Å². The third-order valence-electron chi connectivity index (χ3n) is 3.85. The standard InChI is InChI=1S/C19H16ClF6NO4S/c1-19(2,3)31-12(28)8-27(7-9-4-5-10(21)6-11(9)20)32(29,30)18-16(25)14(23)13(22)15(24)17(18)26/h4-6H,7-8H2,1-3H3. The van der Waals surface area contributed by atoms with E-state index in [0.717, 1.165) is 18.2 Å². The molecule has 0 unspecified atom stereocenters. The Bertz CT molecular complexity index is 1140. The van der Waals surface area contributed by atoms with Crippen LogP contribution in [0.3, 0.4) is 0 Å². The van der Waals surface area contributed by atoms with Crippen molar-refractivity contribution < 1.29 is 44.3 Å². The Morgan fingerprint density at radius 1 is 0.969 bits per heavy atom. The van der Waals surface area contributed by atoms with Crippen molar-refractivity contribution in [1.82, 2.24) is 4.31 Å². The summed E-state index contributed by atoms with van der Waals surface area (Å²) >= 11 is 5.85. The van der Waals surface area contributed by atoms with Crippen LogP contribution in [0.25, 0.3) is 0 Å². The van der Waals surface area contributed by atoms with E-state index in [0.29, 0.717) is 0 Å². The molecule has 0 N–H and O–H groups in total. The summed E-state index contributed by atoms with van der Waals surface area (Å²) in [6.45, 7) is 2.30. The summed E-state index contributed by atoms with van der Waals surface area (Å²) in [5.74, 6) is -14.7. The van der Waals surface area contributed by atoms with Gasteiger partial charge >= 0.3 is 5.97 Å². The van der Waals surface area contributed by atoms with Crippen LogP contribution in [-0.4, -0.2) is 30.8 Å². The zero-order chi connectivity index (χ0) is 24.6. The summed E-state index contributed by atoms with van der Waals surface area (Å²) in [6, 6.07) is 2.71. The van der Waals surface area contributed by atoms with Crippen LogP contribution in [0.2, 0.25) is 5.02 Å². The molecule has 0 fully saturated rings. The predicted molar refractivity (Wildman–Crippen MR) is 101 cm³/mol. The molecule has 32 heavy (non-hydrogen) atoms. The van der Waals surface area contributed by atoms with Gasteiger partial charge < -0.3 is 4.74 Å². The number of benzene rings is 2. The predicted octanol–water partition coefficient (Wildman–Crippen LogP) is 4.71. The molecule has 0 atom stereocenters. The van der Waals surface area contributed by atoms with Gasteiger partial charge in [-0.15, -0.1) is 0 Å². The number of hydrogen-bond donors (Lipinski definition) is 0. The Morgan fingerprint density at radius 2 is 1.47 bits per heavy atom. The van der Waals surface area contributed by atoms with Gasteiger partial charge in [0.1, 0.15) is 18.0 Å². The lowest BCUT2D eigenvalue weighted by atomic mass is 10.2. The van der Waals surface area contributed by atoms with Gasteiger partial charge in [-0.05, 0) is 38.5 Å². The molecule has 0 aromatic heterocycles. The van der Waals surface area contributed by atoms with E-state index in [9.17, 15) is 39.6 Å². The highest BCUT2D eigenvalue weighted by Gasteiger charge is 2.38. The zero-order valence-corrected chi connectivity index (χ0v) is 18.4. The fraction of sp³-hybridized carbons (Fsp3) is 0.316. The lowest BCUT2D eigenvalue weighted by Gasteiger charge is -2.25. The van der Waals surface area contributed by atoms with Crippen molar-refractivity contribution in [2.75, 3.05) is 6.54 Å². The maximum atomic E-state index is 14.2. The molecule has 5 nitrogen and oxygen atoms in total. The van der Waals surface area contributed by atoms with Crippen LogP contribution in [0.4, 0.5) is 26.3 Å². The Morgan fingerprint density at radius 3 is 1.94 bits per heavy atom. The van der Waals surface area contributed by atoms with E-state index >= 15 is 0 Å². The molecule has 0 aliphatic carbocycles. The number of rotatable bonds is 6. The number of sulfonamides is 1. The number of carbonyl (C=O) groups is 1. The highest BCUT2D eigenvalue weighted by Crippen LogP contribution is 2.31. The third-order valence-corrected chi connectivity index (χ3v) is 6.02. The maximum Gasteiger partial charge on any atom is 0.321 e. The van der Waals surface area contributed by atoms with Gasteiger partial charge in [0.05, 0.1) is 0 Å². The Labute approximate surface area is 184 Å². The van der Waals surface area contributed by atoms with Gasteiger partial charge in [-0.2, -0.15) is 4.31 Å². The van der Waals surface area contributed by atoms with Crippen LogP contribution in [0, 0.1) is 34.9 Å². The maximum absolute atomic E-state index is 14.2. The molecule has 2 aromatic rings. The number of esters is 1. The number of halogens is 7. The van der Waals surface area contributed by atoms with Crippen LogP contribution >= 0.6 is 11.6 Å². The summed E-state index contributed by atoms with van der Waals surface area (Å²) in [5, 5.41) is -0.313.